The molecule has 1 saturated carbocycles. The highest BCUT2D eigenvalue weighted by Crippen LogP contribution is 2.38. The van der Waals surface area contributed by atoms with Crippen LogP contribution < -0.4 is 4.90 Å². The average Bonchev–Trinajstić information content (AvgIpc) is 3.24. The molecule has 1 aliphatic heterocycles. The summed E-state index contributed by atoms with van der Waals surface area (Å²) >= 11 is 0. The molecule has 0 unspecified atom stereocenters. The van der Waals surface area contributed by atoms with Crippen molar-refractivity contribution in [3.05, 3.63) is 59.3 Å². The van der Waals surface area contributed by atoms with Gasteiger partial charge in [-0.05, 0) is 78.4 Å². The fraction of sp³-hybridized carbons (Fsp3) is 0.576. The van der Waals surface area contributed by atoms with Gasteiger partial charge in [0.2, 0.25) is 0 Å². The molecule has 1 aromatic heterocycles. The second kappa shape index (κ2) is 13.4. The molecule has 1 saturated heterocycles. The summed E-state index contributed by atoms with van der Waals surface area (Å²) in [5, 5.41) is 13.2. The van der Waals surface area contributed by atoms with Crippen LogP contribution in [0.2, 0.25) is 0 Å². The lowest BCUT2D eigenvalue weighted by Gasteiger charge is -2.35. The van der Waals surface area contributed by atoms with Gasteiger partial charge in [0.25, 0.3) is 0 Å². The predicted molar refractivity (Wildman–Crippen MR) is 160 cm³/mol. The summed E-state index contributed by atoms with van der Waals surface area (Å²) in [4.78, 5) is 5.04. The number of aromatic nitrogens is 1. The summed E-state index contributed by atoms with van der Waals surface area (Å²) in [6, 6.07) is 7.10. The SMILES string of the molecule is CC(C)=CCCC(C)=CCCC(C)=CCN1CCN(c2ccc3cn(C4CCCCC4)c(O)c3c2)CC1. The molecule has 4 nitrogen and oxygen atoms in total. The Morgan fingerprint density at radius 2 is 1.54 bits per heavy atom. The maximum Gasteiger partial charge on any atom is 0.199 e. The number of hydrogen-bond acceptors (Lipinski definition) is 3. The minimum Gasteiger partial charge on any atom is -0.494 e. The van der Waals surface area contributed by atoms with Crippen LogP contribution in [0.5, 0.6) is 5.88 Å². The van der Waals surface area contributed by atoms with Crippen LogP contribution in [0.15, 0.2) is 59.3 Å². The van der Waals surface area contributed by atoms with Gasteiger partial charge in [-0.2, -0.15) is 0 Å². The lowest BCUT2D eigenvalue weighted by molar-refractivity contribution is 0.283. The third-order valence-corrected chi connectivity index (χ3v) is 8.33. The summed E-state index contributed by atoms with van der Waals surface area (Å²) in [5.41, 5.74) is 5.66. The molecule has 202 valence electrons. The van der Waals surface area contributed by atoms with Crippen LogP contribution in [0.1, 0.15) is 91.5 Å². The highest BCUT2D eigenvalue weighted by molar-refractivity contribution is 5.91. The quantitative estimate of drug-likeness (QED) is 0.330. The van der Waals surface area contributed by atoms with Crippen molar-refractivity contribution in [2.45, 2.75) is 91.5 Å². The van der Waals surface area contributed by atoms with Gasteiger partial charge >= 0.3 is 0 Å². The number of allylic oxidation sites excluding steroid dienone is 5. The molecule has 1 N–H and O–H groups in total. The molecule has 4 rings (SSSR count). The molecule has 1 aromatic carbocycles. The van der Waals surface area contributed by atoms with Crippen LogP contribution in [0.25, 0.3) is 10.8 Å². The minimum atomic E-state index is 0.456. The van der Waals surface area contributed by atoms with E-state index in [0.717, 1.165) is 62.8 Å². The molecular formula is C33H49N3O. The van der Waals surface area contributed by atoms with Crippen molar-refractivity contribution in [2.24, 2.45) is 0 Å². The monoisotopic (exact) mass is 503 g/mol. The maximum atomic E-state index is 11.0. The zero-order chi connectivity index (χ0) is 26.2. The molecule has 0 atom stereocenters. The van der Waals surface area contributed by atoms with Crippen molar-refractivity contribution in [1.29, 1.82) is 0 Å². The summed E-state index contributed by atoms with van der Waals surface area (Å²) in [6.45, 7) is 14.2. The van der Waals surface area contributed by atoms with Gasteiger partial charge in [0.15, 0.2) is 5.88 Å². The van der Waals surface area contributed by atoms with Gasteiger partial charge in [-0.3, -0.25) is 4.90 Å². The van der Waals surface area contributed by atoms with E-state index in [0.29, 0.717) is 11.9 Å². The van der Waals surface area contributed by atoms with Gasteiger partial charge in [0.1, 0.15) is 0 Å². The molecule has 2 fully saturated rings. The zero-order valence-corrected chi connectivity index (χ0v) is 23.8. The Kier molecular flexibility index (Phi) is 9.96. The number of anilines is 1. The molecule has 0 amide bonds. The number of benzene rings is 1. The lowest BCUT2D eigenvalue weighted by Crippen LogP contribution is -2.46. The van der Waals surface area contributed by atoms with Gasteiger partial charge in [-0.25, -0.2) is 0 Å². The van der Waals surface area contributed by atoms with Crippen LogP contribution in [0.3, 0.4) is 0 Å². The van der Waals surface area contributed by atoms with Crippen molar-refractivity contribution in [1.82, 2.24) is 9.47 Å². The molecule has 2 aliphatic rings. The minimum absolute atomic E-state index is 0.456. The van der Waals surface area contributed by atoms with Crippen molar-refractivity contribution in [2.75, 3.05) is 37.6 Å². The van der Waals surface area contributed by atoms with E-state index >= 15 is 0 Å². The molecule has 0 spiro atoms. The van der Waals surface area contributed by atoms with E-state index in [1.807, 2.05) is 0 Å². The Morgan fingerprint density at radius 3 is 2.24 bits per heavy atom. The van der Waals surface area contributed by atoms with Gasteiger partial charge < -0.3 is 14.6 Å². The first kappa shape index (κ1) is 27.6. The van der Waals surface area contributed by atoms with Crippen LogP contribution in [0.4, 0.5) is 5.69 Å². The van der Waals surface area contributed by atoms with Crippen LogP contribution in [-0.4, -0.2) is 47.3 Å². The van der Waals surface area contributed by atoms with Crippen molar-refractivity contribution in [3.8, 4) is 5.88 Å². The summed E-state index contributed by atoms with van der Waals surface area (Å²) in [5.74, 6) is 0.459. The van der Waals surface area contributed by atoms with Gasteiger partial charge in [-0.1, -0.05) is 60.3 Å². The largest absolute Gasteiger partial charge is 0.494 e. The molecule has 2 aromatic rings. The molecule has 1 aliphatic carbocycles. The number of aromatic hydroxyl groups is 1. The lowest BCUT2D eigenvalue weighted by atomic mass is 9.95. The fourth-order valence-electron chi connectivity index (χ4n) is 5.85. The molecule has 2 heterocycles. The summed E-state index contributed by atoms with van der Waals surface area (Å²) < 4.78 is 2.14. The van der Waals surface area contributed by atoms with Gasteiger partial charge in [0.05, 0.1) is 0 Å². The topological polar surface area (TPSA) is 31.6 Å². The molecular weight excluding hydrogens is 454 g/mol. The van der Waals surface area contributed by atoms with Crippen molar-refractivity contribution in [3.63, 3.8) is 0 Å². The van der Waals surface area contributed by atoms with Crippen LogP contribution in [-0.2, 0) is 0 Å². The van der Waals surface area contributed by atoms with Crippen molar-refractivity contribution < 1.29 is 5.11 Å². The van der Waals surface area contributed by atoms with Gasteiger partial charge in [0, 0.05) is 61.4 Å². The average molecular weight is 504 g/mol. The van der Waals surface area contributed by atoms with Crippen molar-refractivity contribution >= 4 is 16.5 Å². The molecule has 0 radical (unpaired) electrons. The van der Waals surface area contributed by atoms with E-state index in [-0.39, 0.29) is 0 Å². The third-order valence-electron chi connectivity index (χ3n) is 8.33. The number of rotatable bonds is 10. The van der Waals surface area contributed by atoms with E-state index in [1.54, 1.807) is 0 Å². The highest BCUT2D eigenvalue weighted by atomic mass is 16.3. The Labute approximate surface area is 225 Å². The Bertz CT molecular complexity index is 1100. The standard InChI is InChI=1S/C33H49N3O/c1-26(2)10-8-11-27(3)12-9-13-28(4)18-19-34-20-22-35(23-21-34)31-17-16-29-25-36(33(37)32(29)24-31)30-14-6-5-7-15-30/h10,12,16-18,24-25,30,37H,5-9,11,13-15,19-23H2,1-4H3. The summed E-state index contributed by atoms with van der Waals surface area (Å²) in [7, 11) is 0. The van der Waals surface area contributed by atoms with E-state index in [2.05, 4.69) is 84.7 Å². The predicted octanol–water partition coefficient (Wildman–Crippen LogP) is 8.39. The first-order valence-electron chi connectivity index (χ1n) is 14.7. The van der Waals surface area contributed by atoms with Crippen LogP contribution >= 0.6 is 0 Å². The smallest absolute Gasteiger partial charge is 0.199 e. The Hall–Kier alpha value is -2.46. The maximum absolute atomic E-state index is 11.0. The molecule has 0 bridgehead atoms. The molecule has 4 heteroatoms. The first-order valence-corrected chi connectivity index (χ1v) is 14.7. The van der Waals surface area contributed by atoms with E-state index in [4.69, 9.17) is 0 Å². The number of hydrogen-bond donors (Lipinski definition) is 1. The van der Waals surface area contributed by atoms with E-state index in [1.165, 1.54) is 60.9 Å². The second-order valence-corrected chi connectivity index (χ2v) is 11.7. The number of piperazine rings is 1. The molecule has 37 heavy (non-hydrogen) atoms. The summed E-state index contributed by atoms with van der Waals surface area (Å²) in [6.07, 6.45) is 20.2. The van der Waals surface area contributed by atoms with E-state index < -0.39 is 0 Å². The Balaban J connectivity index is 1.24. The van der Waals surface area contributed by atoms with Gasteiger partial charge in [-0.15, -0.1) is 0 Å². The first-order chi connectivity index (χ1) is 17.9. The fourth-order valence-corrected chi connectivity index (χ4v) is 5.85. The van der Waals surface area contributed by atoms with Crippen LogP contribution in [0, 0.1) is 0 Å². The number of nitrogens with zero attached hydrogens (tertiary/aromatic N) is 3. The normalized spacial score (nSPS) is 18.5. The Morgan fingerprint density at radius 1 is 0.865 bits per heavy atom. The second-order valence-electron chi connectivity index (χ2n) is 11.7. The highest BCUT2D eigenvalue weighted by Gasteiger charge is 2.21. The number of fused-ring (bicyclic) bond motifs is 1. The zero-order valence-electron chi connectivity index (χ0n) is 23.8. The van der Waals surface area contributed by atoms with E-state index in [9.17, 15) is 5.11 Å². The third kappa shape index (κ3) is 7.77.